The van der Waals surface area contributed by atoms with Crippen LogP contribution in [0.15, 0.2) is 72.8 Å². The molecule has 4 rings (SSSR count). The Bertz CT molecular complexity index is 780. The Hall–Kier alpha value is -2.34. The zero-order valence-electron chi connectivity index (χ0n) is 10.6. The Morgan fingerprint density at radius 3 is 2.37 bits per heavy atom. The highest BCUT2D eigenvalue weighted by Crippen LogP contribution is 2.37. The van der Waals surface area contributed by atoms with Crippen molar-refractivity contribution < 1.29 is 0 Å². The van der Waals surface area contributed by atoms with Gasteiger partial charge >= 0.3 is 0 Å². The van der Waals surface area contributed by atoms with Crippen molar-refractivity contribution in [2.45, 2.75) is 6.42 Å². The molecule has 0 heterocycles. The van der Waals surface area contributed by atoms with E-state index < -0.39 is 0 Å². The van der Waals surface area contributed by atoms with Gasteiger partial charge in [-0.15, -0.1) is 0 Å². The maximum atomic E-state index is 2.35. The van der Waals surface area contributed by atoms with Crippen LogP contribution in [0.25, 0.3) is 16.3 Å². The van der Waals surface area contributed by atoms with E-state index in [2.05, 4.69) is 72.8 Å². The standard InChI is InChI=1S/C19H14/c1-2-6-14(7-3-1)18-13-12-16-11-10-15-8-4-5-9-17(15)19(16)18/h1-11,13H,12H2. The highest BCUT2D eigenvalue weighted by molar-refractivity contribution is 6.00. The Morgan fingerprint density at radius 1 is 0.684 bits per heavy atom. The van der Waals surface area contributed by atoms with Crippen LogP contribution >= 0.6 is 0 Å². The fourth-order valence-electron chi connectivity index (χ4n) is 3.00. The van der Waals surface area contributed by atoms with Crippen LogP contribution in [0.1, 0.15) is 16.7 Å². The predicted octanol–water partition coefficient (Wildman–Crippen LogP) is 4.83. The lowest BCUT2D eigenvalue weighted by atomic mass is 9.94. The van der Waals surface area contributed by atoms with Gasteiger partial charge in [-0.2, -0.15) is 0 Å². The monoisotopic (exact) mass is 242 g/mol. The first-order valence-electron chi connectivity index (χ1n) is 6.70. The summed E-state index contributed by atoms with van der Waals surface area (Å²) in [5, 5.41) is 2.69. The predicted molar refractivity (Wildman–Crippen MR) is 81.2 cm³/mol. The molecular formula is C19H14. The first-order chi connectivity index (χ1) is 9.43. The third kappa shape index (κ3) is 1.61. The highest BCUT2D eigenvalue weighted by atomic mass is 14.2. The average molecular weight is 242 g/mol. The summed E-state index contributed by atoms with van der Waals surface area (Å²) in [4.78, 5) is 0. The van der Waals surface area contributed by atoms with Crippen LogP contribution in [-0.2, 0) is 6.42 Å². The highest BCUT2D eigenvalue weighted by Gasteiger charge is 2.17. The van der Waals surface area contributed by atoms with Crippen LogP contribution < -0.4 is 0 Å². The van der Waals surface area contributed by atoms with Gasteiger partial charge < -0.3 is 0 Å². The molecule has 0 atom stereocenters. The first kappa shape index (κ1) is 10.6. The van der Waals surface area contributed by atoms with Gasteiger partial charge in [-0.3, -0.25) is 0 Å². The molecule has 0 N–H and O–H groups in total. The molecule has 0 heteroatoms. The van der Waals surface area contributed by atoms with E-state index >= 15 is 0 Å². The topological polar surface area (TPSA) is 0 Å². The van der Waals surface area contributed by atoms with Crippen LogP contribution in [0.5, 0.6) is 0 Å². The van der Waals surface area contributed by atoms with Gasteiger partial charge in [0.25, 0.3) is 0 Å². The van der Waals surface area contributed by atoms with E-state index in [1.54, 1.807) is 0 Å². The normalized spacial score (nSPS) is 13.4. The lowest BCUT2D eigenvalue weighted by Crippen LogP contribution is -1.89. The van der Waals surface area contributed by atoms with Crippen molar-refractivity contribution in [3.05, 3.63) is 89.5 Å². The second-order valence-corrected chi connectivity index (χ2v) is 5.01. The van der Waals surface area contributed by atoms with Crippen LogP contribution in [0.4, 0.5) is 0 Å². The maximum Gasteiger partial charge on any atom is -0.00672 e. The van der Waals surface area contributed by atoms with Gasteiger partial charge in [0.1, 0.15) is 0 Å². The average Bonchev–Trinajstić information content (AvgIpc) is 2.92. The molecule has 0 bridgehead atoms. The number of rotatable bonds is 1. The molecule has 3 aromatic carbocycles. The third-order valence-electron chi connectivity index (χ3n) is 3.90. The Kier molecular flexibility index (Phi) is 2.28. The second-order valence-electron chi connectivity index (χ2n) is 5.01. The quantitative estimate of drug-likeness (QED) is 0.573. The lowest BCUT2D eigenvalue weighted by Gasteiger charge is -2.10. The summed E-state index contributed by atoms with van der Waals surface area (Å²) in [5.74, 6) is 0. The molecule has 0 saturated heterocycles. The number of hydrogen-bond acceptors (Lipinski definition) is 0. The largest absolute Gasteiger partial charge is 0.0716 e. The zero-order valence-corrected chi connectivity index (χ0v) is 10.6. The summed E-state index contributed by atoms with van der Waals surface area (Å²) in [6.45, 7) is 0. The van der Waals surface area contributed by atoms with Crippen molar-refractivity contribution in [2.24, 2.45) is 0 Å². The van der Waals surface area contributed by atoms with E-state index in [9.17, 15) is 0 Å². The van der Waals surface area contributed by atoms with Gasteiger partial charge in [-0.05, 0) is 39.5 Å². The minimum absolute atomic E-state index is 1.05. The Labute approximate surface area is 113 Å². The van der Waals surface area contributed by atoms with E-state index in [1.807, 2.05) is 0 Å². The Balaban J connectivity index is 2.01. The molecule has 0 saturated carbocycles. The van der Waals surface area contributed by atoms with E-state index in [-0.39, 0.29) is 0 Å². The summed E-state index contributed by atoms with van der Waals surface area (Å²) in [6, 6.07) is 23.8. The minimum atomic E-state index is 1.05. The van der Waals surface area contributed by atoms with Crippen molar-refractivity contribution >= 4 is 16.3 Å². The third-order valence-corrected chi connectivity index (χ3v) is 3.90. The number of allylic oxidation sites excluding steroid dienone is 1. The molecule has 0 aromatic heterocycles. The molecule has 0 fully saturated rings. The molecule has 0 unspecified atom stereocenters. The SMILES string of the molecule is C1=C(c2ccccc2)c2c(ccc3ccccc23)C1. The molecule has 0 aliphatic heterocycles. The Morgan fingerprint density at radius 2 is 1.47 bits per heavy atom. The van der Waals surface area contributed by atoms with Gasteiger partial charge in [-0.1, -0.05) is 72.8 Å². The number of fused-ring (bicyclic) bond motifs is 3. The smallest absolute Gasteiger partial charge is 0.00672 e. The van der Waals surface area contributed by atoms with Crippen LogP contribution in [-0.4, -0.2) is 0 Å². The molecule has 0 spiro atoms. The molecule has 19 heavy (non-hydrogen) atoms. The fourth-order valence-corrected chi connectivity index (χ4v) is 3.00. The maximum absolute atomic E-state index is 2.35. The number of benzene rings is 3. The summed E-state index contributed by atoms with van der Waals surface area (Å²) >= 11 is 0. The van der Waals surface area contributed by atoms with Crippen LogP contribution in [0.2, 0.25) is 0 Å². The van der Waals surface area contributed by atoms with Crippen LogP contribution in [0.3, 0.4) is 0 Å². The van der Waals surface area contributed by atoms with Gasteiger partial charge in [0.05, 0.1) is 0 Å². The van der Waals surface area contributed by atoms with E-state index in [4.69, 9.17) is 0 Å². The molecule has 0 radical (unpaired) electrons. The van der Waals surface area contributed by atoms with Gasteiger partial charge in [0.15, 0.2) is 0 Å². The first-order valence-corrected chi connectivity index (χ1v) is 6.70. The van der Waals surface area contributed by atoms with Crippen molar-refractivity contribution in [1.82, 2.24) is 0 Å². The summed E-state index contributed by atoms with van der Waals surface area (Å²) in [7, 11) is 0. The second kappa shape index (κ2) is 4.10. The van der Waals surface area contributed by atoms with Crippen molar-refractivity contribution in [3.8, 4) is 0 Å². The van der Waals surface area contributed by atoms with Crippen molar-refractivity contribution in [1.29, 1.82) is 0 Å². The molecular weight excluding hydrogens is 228 g/mol. The lowest BCUT2D eigenvalue weighted by molar-refractivity contribution is 1.32. The molecule has 0 nitrogen and oxygen atoms in total. The van der Waals surface area contributed by atoms with Crippen molar-refractivity contribution in [3.63, 3.8) is 0 Å². The van der Waals surface area contributed by atoms with Crippen LogP contribution in [0, 0.1) is 0 Å². The summed E-state index contributed by atoms with van der Waals surface area (Å²) in [6.07, 6.45) is 3.40. The molecule has 90 valence electrons. The van der Waals surface area contributed by atoms with Gasteiger partial charge in [0.2, 0.25) is 0 Å². The number of hydrogen-bond donors (Lipinski definition) is 0. The molecule has 1 aliphatic rings. The van der Waals surface area contributed by atoms with Gasteiger partial charge in [-0.25, -0.2) is 0 Å². The minimum Gasteiger partial charge on any atom is -0.0716 e. The summed E-state index contributed by atoms with van der Waals surface area (Å²) < 4.78 is 0. The zero-order chi connectivity index (χ0) is 12.7. The fraction of sp³-hybridized carbons (Fsp3) is 0.0526. The molecule has 3 aromatic rings. The van der Waals surface area contributed by atoms with E-state index in [0.717, 1.165) is 6.42 Å². The summed E-state index contributed by atoms with van der Waals surface area (Å²) in [5.41, 5.74) is 5.56. The van der Waals surface area contributed by atoms with E-state index in [1.165, 1.54) is 33.0 Å². The van der Waals surface area contributed by atoms with Gasteiger partial charge in [0, 0.05) is 0 Å². The molecule has 0 amide bonds. The van der Waals surface area contributed by atoms with Crippen molar-refractivity contribution in [2.75, 3.05) is 0 Å². The molecule has 1 aliphatic carbocycles. The van der Waals surface area contributed by atoms with E-state index in [0.29, 0.717) is 0 Å².